The number of benzene rings is 1. The molecule has 1 aromatic heterocycles. The third kappa shape index (κ3) is 5.08. The van der Waals surface area contributed by atoms with Crippen LogP contribution in [0, 0.1) is 0 Å². The lowest BCUT2D eigenvalue weighted by Crippen LogP contribution is -2.46. The standard InChI is InChI=1S/C25H34ClN7O/c1-2-18-15-19(33-14-13-31-12-8-20(33)17-31)6-7-22(18)29-25-28-16-21(26)24(30-25)27-9-4-11-32-10-3-5-23(32)34/h6-7,15-16,20H,2-5,8-14,17H2,1H3,(H2,27,28,29,30). The Morgan fingerprint density at radius 1 is 1.21 bits per heavy atom. The molecule has 2 N–H and O–H groups in total. The number of amides is 1. The van der Waals surface area contributed by atoms with Gasteiger partial charge in [-0.15, -0.1) is 0 Å². The van der Waals surface area contributed by atoms with E-state index in [0.717, 1.165) is 51.1 Å². The number of carbonyl (C=O) groups excluding carboxylic acids is 1. The molecule has 2 atom stereocenters. The number of likely N-dealkylation sites (tertiary alicyclic amines) is 1. The van der Waals surface area contributed by atoms with E-state index < -0.39 is 0 Å². The number of carbonyl (C=O) groups is 1. The van der Waals surface area contributed by atoms with Crippen LogP contribution in [-0.4, -0.2) is 77.5 Å². The molecule has 3 fully saturated rings. The summed E-state index contributed by atoms with van der Waals surface area (Å²) in [5.74, 6) is 1.39. The summed E-state index contributed by atoms with van der Waals surface area (Å²) in [5.41, 5.74) is 3.59. The predicted molar refractivity (Wildman–Crippen MR) is 137 cm³/mol. The summed E-state index contributed by atoms with van der Waals surface area (Å²) in [6.07, 6.45) is 6.31. The van der Waals surface area contributed by atoms with Crippen LogP contribution in [0.15, 0.2) is 24.4 Å². The fourth-order valence-corrected chi connectivity index (χ4v) is 5.46. The Labute approximate surface area is 206 Å². The number of halogens is 1. The van der Waals surface area contributed by atoms with Gasteiger partial charge in [-0.1, -0.05) is 18.5 Å². The molecule has 3 saturated heterocycles. The van der Waals surface area contributed by atoms with Crippen LogP contribution < -0.4 is 15.5 Å². The van der Waals surface area contributed by atoms with Crippen LogP contribution >= 0.6 is 11.6 Å². The van der Waals surface area contributed by atoms with Gasteiger partial charge in [-0.05, 0) is 49.4 Å². The molecule has 1 aromatic carbocycles. The van der Waals surface area contributed by atoms with Gasteiger partial charge in [-0.2, -0.15) is 4.98 Å². The summed E-state index contributed by atoms with van der Waals surface area (Å²) in [7, 11) is 0. The molecule has 4 heterocycles. The lowest BCUT2D eigenvalue weighted by atomic mass is 10.1. The summed E-state index contributed by atoms with van der Waals surface area (Å²) in [6, 6.07) is 7.30. The molecule has 0 spiro atoms. The van der Waals surface area contributed by atoms with Crippen LogP contribution in [0.4, 0.5) is 23.1 Å². The van der Waals surface area contributed by atoms with E-state index in [9.17, 15) is 4.79 Å². The molecule has 3 aliphatic rings. The van der Waals surface area contributed by atoms with Crippen molar-refractivity contribution in [2.75, 3.05) is 61.3 Å². The van der Waals surface area contributed by atoms with Crippen molar-refractivity contribution in [2.24, 2.45) is 0 Å². The van der Waals surface area contributed by atoms with Gasteiger partial charge in [0.15, 0.2) is 0 Å². The number of nitrogens with one attached hydrogen (secondary N) is 2. The molecule has 2 bridgehead atoms. The molecule has 34 heavy (non-hydrogen) atoms. The minimum atomic E-state index is 0.259. The third-order valence-electron chi connectivity index (χ3n) is 7.21. The highest BCUT2D eigenvalue weighted by Crippen LogP contribution is 2.31. The molecule has 2 unspecified atom stereocenters. The molecule has 9 heteroatoms. The maximum absolute atomic E-state index is 11.8. The first-order chi connectivity index (χ1) is 16.6. The van der Waals surface area contributed by atoms with Gasteiger partial charge in [0.25, 0.3) is 0 Å². The van der Waals surface area contributed by atoms with Crippen molar-refractivity contribution in [3.63, 3.8) is 0 Å². The second-order valence-corrected chi connectivity index (χ2v) is 9.82. The van der Waals surface area contributed by atoms with Gasteiger partial charge < -0.3 is 20.4 Å². The zero-order valence-corrected chi connectivity index (χ0v) is 20.7. The van der Waals surface area contributed by atoms with Crippen molar-refractivity contribution in [1.29, 1.82) is 0 Å². The second-order valence-electron chi connectivity index (χ2n) is 9.41. The Bertz CT molecular complexity index is 1030. The van der Waals surface area contributed by atoms with E-state index in [4.69, 9.17) is 11.6 Å². The molecule has 8 nitrogen and oxygen atoms in total. The number of anilines is 4. The Balaban J connectivity index is 1.22. The SMILES string of the molecule is CCc1cc(N2CCN3CCC2C3)ccc1Nc1ncc(Cl)c(NCCCN2CCCC2=O)n1. The van der Waals surface area contributed by atoms with E-state index >= 15 is 0 Å². The van der Waals surface area contributed by atoms with Crippen molar-refractivity contribution in [3.8, 4) is 0 Å². The van der Waals surface area contributed by atoms with E-state index in [1.807, 2.05) is 4.90 Å². The number of rotatable bonds is 9. The predicted octanol–water partition coefficient (Wildman–Crippen LogP) is 3.75. The van der Waals surface area contributed by atoms with Crippen LogP contribution in [0.25, 0.3) is 0 Å². The first-order valence-corrected chi connectivity index (χ1v) is 12.9. The first-order valence-electron chi connectivity index (χ1n) is 12.5. The highest BCUT2D eigenvalue weighted by Gasteiger charge is 2.32. The van der Waals surface area contributed by atoms with Gasteiger partial charge >= 0.3 is 0 Å². The van der Waals surface area contributed by atoms with Crippen LogP contribution in [0.2, 0.25) is 5.02 Å². The molecule has 2 aromatic rings. The molecule has 0 saturated carbocycles. The number of hydrogen-bond donors (Lipinski definition) is 2. The Morgan fingerprint density at radius 2 is 2.12 bits per heavy atom. The Morgan fingerprint density at radius 3 is 2.94 bits per heavy atom. The summed E-state index contributed by atoms with van der Waals surface area (Å²) < 4.78 is 0. The zero-order valence-electron chi connectivity index (χ0n) is 19.9. The van der Waals surface area contributed by atoms with Crippen molar-refractivity contribution >= 4 is 40.6 Å². The summed E-state index contributed by atoms with van der Waals surface area (Å²) in [5, 5.41) is 7.19. The topological polar surface area (TPSA) is 76.6 Å². The monoisotopic (exact) mass is 483 g/mol. The number of hydrogen-bond acceptors (Lipinski definition) is 7. The number of fused-ring (bicyclic) bond motifs is 2. The van der Waals surface area contributed by atoms with Gasteiger partial charge in [-0.3, -0.25) is 9.69 Å². The van der Waals surface area contributed by atoms with Crippen LogP contribution in [0.3, 0.4) is 0 Å². The van der Waals surface area contributed by atoms with Crippen molar-refractivity contribution < 1.29 is 4.79 Å². The van der Waals surface area contributed by atoms with Crippen LogP contribution in [0.5, 0.6) is 0 Å². The first kappa shape index (κ1) is 23.2. The molecule has 182 valence electrons. The third-order valence-corrected chi connectivity index (χ3v) is 7.48. The molecular formula is C25H34ClN7O. The van der Waals surface area contributed by atoms with Crippen LogP contribution in [-0.2, 0) is 11.2 Å². The zero-order chi connectivity index (χ0) is 23.5. The van der Waals surface area contributed by atoms with E-state index in [0.29, 0.717) is 35.8 Å². The maximum atomic E-state index is 11.8. The minimum Gasteiger partial charge on any atom is -0.369 e. The smallest absolute Gasteiger partial charge is 0.229 e. The molecule has 0 aliphatic carbocycles. The summed E-state index contributed by atoms with van der Waals surface area (Å²) in [4.78, 5) is 27.8. The van der Waals surface area contributed by atoms with E-state index in [2.05, 4.69) is 55.5 Å². The van der Waals surface area contributed by atoms with Crippen molar-refractivity contribution in [3.05, 3.63) is 35.0 Å². The van der Waals surface area contributed by atoms with E-state index in [-0.39, 0.29) is 5.91 Å². The maximum Gasteiger partial charge on any atom is 0.229 e. The summed E-state index contributed by atoms with van der Waals surface area (Å²) >= 11 is 6.34. The number of nitrogens with zero attached hydrogens (tertiary/aromatic N) is 5. The molecule has 0 radical (unpaired) electrons. The highest BCUT2D eigenvalue weighted by atomic mass is 35.5. The van der Waals surface area contributed by atoms with Gasteiger partial charge in [0, 0.05) is 69.7 Å². The van der Waals surface area contributed by atoms with Gasteiger partial charge in [-0.25, -0.2) is 4.98 Å². The summed E-state index contributed by atoms with van der Waals surface area (Å²) in [6.45, 7) is 9.18. The minimum absolute atomic E-state index is 0.259. The number of aryl methyl sites for hydroxylation is 1. The highest BCUT2D eigenvalue weighted by molar-refractivity contribution is 6.32. The second kappa shape index (κ2) is 10.4. The number of aromatic nitrogens is 2. The van der Waals surface area contributed by atoms with Gasteiger partial charge in [0.1, 0.15) is 10.8 Å². The number of piperazine rings is 1. The van der Waals surface area contributed by atoms with Crippen molar-refractivity contribution in [1.82, 2.24) is 19.8 Å². The molecule has 1 amide bonds. The fraction of sp³-hybridized carbons (Fsp3) is 0.560. The fourth-order valence-electron chi connectivity index (χ4n) is 5.30. The lowest BCUT2D eigenvalue weighted by Gasteiger charge is -2.36. The van der Waals surface area contributed by atoms with Crippen molar-refractivity contribution in [2.45, 2.75) is 45.1 Å². The molecule has 5 rings (SSSR count). The Hall–Kier alpha value is -2.58. The average molecular weight is 484 g/mol. The largest absolute Gasteiger partial charge is 0.369 e. The Kier molecular flexibility index (Phi) is 7.06. The van der Waals surface area contributed by atoms with E-state index in [1.54, 1.807) is 6.20 Å². The quantitative estimate of drug-likeness (QED) is 0.526. The lowest BCUT2D eigenvalue weighted by molar-refractivity contribution is -0.127. The molecule has 3 aliphatic heterocycles. The van der Waals surface area contributed by atoms with Gasteiger partial charge in [0.2, 0.25) is 11.9 Å². The van der Waals surface area contributed by atoms with Crippen LogP contribution in [0.1, 0.15) is 38.2 Å². The normalized spacial score (nSPS) is 21.9. The molecular weight excluding hydrogens is 450 g/mol. The van der Waals surface area contributed by atoms with Gasteiger partial charge in [0.05, 0.1) is 6.20 Å². The average Bonchev–Trinajstić information content (AvgIpc) is 3.44. The van der Waals surface area contributed by atoms with E-state index in [1.165, 1.54) is 30.8 Å².